The minimum absolute atomic E-state index is 0.163. The molecule has 0 aromatic heterocycles. The zero-order valence-electron chi connectivity index (χ0n) is 18.0. The first kappa shape index (κ1) is 22.1. The smallest absolute Gasteiger partial charge is 0.239 e. The summed E-state index contributed by atoms with van der Waals surface area (Å²) in [5.74, 6) is 1.40. The summed E-state index contributed by atoms with van der Waals surface area (Å²) < 4.78 is 30.1. The van der Waals surface area contributed by atoms with Crippen molar-refractivity contribution in [2.45, 2.75) is 26.4 Å². The van der Waals surface area contributed by atoms with Crippen molar-refractivity contribution in [1.82, 2.24) is 4.90 Å². The van der Waals surface area contributed by atoms with E-state index in [9.17, 15) is 9.18 Å². The van der Waals surface area contributed by atoms with Crippen LogP contribution < -0.4 is 14.2 Å². The number of allylic oxidation sites excluding steroid dienone is 2. The second-order valence-corrected chi connectivity index (χ2v) is 6.95. The molecule has 1 aliphatic heterocycles. The van der Waals surface area contributed by atoms with E-state index >= 15 is 0 Å². The van der Waals surface area contributed by atoms with Crippen molar-refractivity contribution in [2.75, 3.05) is 14.2 Å². The quantitative estimate of drug-likeness (QED) is 0.685. The maximum absolute atomic E-state index is 13.3. The van der Waals surface area contributed by atoms with E-state index in [-0.39, 0.29) is 30.2 Å². The maximum Gasteiger partial charge on any atom is 0.239 e. The number of benzene rings is 2. The summed E-state index contributed by atoms with van der Waals surface area (Å²) in [4.78, 5) is 18.8. The average Bonchev–Trinajstić information content (AvgIpc) is 2.93. The van der Waals surface area contributed by atoms with Gasteiger partial charge in [-0.2, -0.15) is 0 Å². The molecule has 0 fully saturated rings. The first-order valence-corrected chi connectivity index (χ1v) is 9.80. The van der Waals surface area contributed by atoms with Gasteiger partial charge in [-0.3, -0.25) is 4.79 Å². The van der Waals surface area contributed by atoms with Crippen LogP contribution in [0.4, 0.5) is 4.39 Å². The fourth-order valence-corrected chi connectivity index (χ4v) is 3.11. The van der Waals surface area contributed by atoms with Gasteiger partial charge in [-0.25, -0.2) is 9.38 Å². The van der Waals surface area contributed by atoms with Gasteiger partial charge in [0.2, 0.25) is 11.8 Å². The van der Waals surface area contributed by atoms with Gasteiger partial charge in [0.25, 0.3) is 0 Å². The average molecular weight is 424 g/mol. The molecule has 6 nitrogen and oxygen atoms in total. The zero-order chi connectivity index (χ0) is 22.4. The molecule has 0 spiro atoms. The molecule has 0 radical (unpaired) electrons. The molecule has 1 unspecified atom stereocenters. The number of methoxy groups -OCH3 is 2. The summed E-state index contributed by atoms with van der Waals surface area (Å²) in [6.07, 6.45) is 5.51. The molecule has 162 valence electrons. The largest absolute Gasteiger partial charge is 0.497 e. The third kappa shape index (κ3) is 5.51. The van der Waals surface area contributed by atoms with Gasteiger partial charge in [0.15, 0.2) is 0 Å². The third-order valence-electron chi connectivity index (χ3n) is 4.70. The summed E-state index contributed by atoms with van der Waals surface area (Å²) in [5, 5.41) is 0. The van der Waals surface area contributed by atoms with Crippen LogP contribution in [0.15, 0.2) is 71.4 Å². The van der Waals surface area contributed by atoms with Crippen molar-refractivity contribution < 1.29 is 23.4 Å². The molecule has 3 rings (SSSR count). The number of aliphatic imine (C=N–C) groups is 1. The number of ether oxygens (including phenoxy) is 3. The summed E-state index contributed by atoms with van der Waals surface area (Å²) >= 11 is 0. The lowest BCUT2D eigenvalue weighted by Gasteiger charge is -2.26. The predicted molar refractivity (Wildman–Crippen MR) is 117 cm³/mol. The molecule has 0 bridgehead atoms. The van der Waals surface area contributed by atoms with Crippen molar-refractivity contribution in [3.63, 3.8) is 0 Å². The van der Waals surface area contributed by atoms with E-state index in [0.29, 0.717) is 22.9 Å². The number of nitrogens with zero attached hydrogens (tertiary/aromatic N) is 2. The van der Waals surface area contributed by atoms with Crippen LogP contribution in [0.3, 0.4) is 0 Å². The summed E-state index contributed by atoms with van der Waals surface area (Å²) in [6, 6.07) is 10.9. The normalized spacial score (nSPS) is 15.5. The molecule has 1 amide bonds. The van der Waals surface area contributed by atoms with Gasteiger partial charge in [0, 0.05) is 12.5 Å². The van der Waals surface area contributed by atoms with Gasteiger partial charge in [0.1, 0.15) is 28.8 Å². The van der Waals surface area contributed by atoms with Crippen molar-refractivity contribution >= 4 is 11.8 Å². The van der Waals surface area contributed by atoms with Crippen molar-refractivity contribution in [3.05, 3.63) is 77.8 Å². The van der Waals surface area contributed by atoms with Crippen LogP contribution in [0.25, 0.3) is 0 Å². The number of carbonyl (C=O) groups is 1. The van der Waals surface area contributed by atoms with E-state index in [1.54, 1.807) is 37.3 Å². The number of halogens is 1. The Morgan fingerprint density at radius 3 is 2.45 bits per heavy atom. The molecule has 0 saturated heterocycles. The summed E-state index contributed by atoms with van der Waals surface area (Å²) in [7, 11) is 3.15. The topological polar surface area (TPSA) is 60.4 Å². The minimum atomic E-state index is -0.364. The zero-order valence-corrected chi connectivity index (χ0v) is 18.0. The van der Waals surface area contributed by atoms with Gasteiger partial charge < -0.3 is 19.1 Å². The van der Waals surface area contributed by atoms with E-state index in [1.165, 1.54) is 31.2 Å². The second-order valence-electron chi connectivity index (χ2n) is 6.95. The lowest BCUT2D eigenvalue weighted by atomic mass is 10.1. The third-order valence-corrected chi connectivity index (χ3v) is 4.70. The van der Waals surface area contributed by atoms with Gasteiger partial charge in [-0.15, -0.1) is 0 Å². The fraction of sp³-hybridized carbons (Fsp3) is 0.250. The molecule has 31 heavy (non-hydrogen) atoms. The van der Waals surface area contributed by atoms with Gasteiger partial charge in [-0.1, -0.05) is 12.2 Å². The molecule has 7 heteroatoms. The van der Waals surface area contributed by atoms with Crippen LogP contribution in [-0.4, -0.2) is 37.0 Å². The Morgan fingerprint density at radius 1 is 1.10 bits per heavy atom. The van der Waals surface area contributed by atoms with Crippen LogP contribution in [0.5, 0.6) is 17.2 Å². The maximum atomic E-state index is 13.3. The Labute approximate surface area is 181 Å². The van der Waals surface area contributed by atoms with E-state index < -0.39 is 0 Å². The highest BCUT2D eigenvalue weighted by Crippen LogP contribution is 2.28. The van der Waals surface area contributed by atoms with Crippen LogP contribution in [0.1, 0.15) is 19.4 Å². The van der Waals surface area contributed by atoms with Crippen LogP contribution in [0.2, 0.25) is 0 Å². The molecule has 0 saturated carbocycles. The highest BCUT2D eigenvalue weighted by molar-refractivity contribution is 5.99. The van der Waals surface area contributed by atoms with Crippen molar-refractivity contribution in [2.24, 2.45) is 4.99 Å². The summed E-state index contributed by atoms with van der Waals surface area (Å²) in [6.45, 7) is 3.60. The molecule has 0 aliphatic carbocycles. The van der Waals surface area contributed by atoms with E-state index in [2.05, 4.69) is 4.99 Å². The molecule has 0 N–H and O–H groups in total. The molecule has 1 heterocycles. The fourth-order valence-electron chi connectivity index (χ4n) is 3.11. The van der Waals surface area contributed by atoms with Gasteiger partial charge >= 0.3 is 0 Å². The molecule has 2 aromatic carbocycles. The SMILES string of the molecule is COc1ccc(OC)c(CN(C(C)=O)C2=CC=CC(C)N=C2Oc2ccc(F)cc2)c1. The number of carbonyl (C=O) groups excluding carboxylic acids is 1. The van der Waals surface area contributed by atoms with E-state index in [1.807, 2.05) is 25.1 Å². The van der Waals surface area contributed by atoms with Crippen LogP contribution in [-0.2, 0) is 11.3 Å². The van der Waals surface area contributed by atoms with Crippen molar-refractivity contribution in [1.29, 1.82) is 0 Å². The monoisotopic (exact) mass is 424 g/mol. The Hall–Kier alpha value is -3.61. The van der Waals surface area contributed by atoms with Crippen LogP contribution in [0, 0.1) is 5.82 Å². The Balaban J connectivity index is 1.98. The van der Waals surface area contributed by atoms with E-state index in [4.69, 9.17) is 14.2 Å². The number of hydrogen-bond donors (Lipinski definition) is 0. The second kappa shape index (κ2) is 9.93. The van der Waals surface area contributed by atoms with Gasteiger partial charge in [-0.05, 0) is 55.5 Å². The van der Waals surface area contributed by atoms with Gasteiger partial charge in [0.05, 0.1) is 26.8 Å². The van der Waals surface area contributed by atoms with Crippen LogP contribution >= 0.6 is 0 Å². The standard InChI is InChI=1S/C24H25FN2O4/c1-16-6-5-7-22(24(26-16)31-20-10-8-19(25)9-11-20)27(17(2)28)15-18-14-21(29-3)12-13-23(18)30-4/h5-14,16H,15H2,1-4H3. The summed E-state index contributed by atoms with van der Waals surface area (Å²) in [5.41, 5.74) is 1.25. The molecule has 2 aromatic rings. The number of hydrogen-bond acceptors (Lipinski definition) is 5. The first-order chi connectivity index (χ1) is 14.9. The Morgan fingerprint density at radius 2 is 1.81 bits per heavy atom. The Bertz CT molecular complexity index is 1030. The molecular formula is C24H25FN2O4. The van der Waals surface area contributed by atoms with E-state index in [0.717, 1.165) is 5.56 Å². The number of rotatable bonds is 6. The molecular weight excluding hydrogens is 399 g/mol. The predicted octanol–water partition coefficient (Wildman–Crippen LogP) is 4.51. The number of amides is 1. The molecule has 1 atom stereocenters. The lowest BCUT2D eigenvalue weighted by Crippen LogP contribution is -2.34. The van der Waals surface area contributed by atoms with Crippen molar-refractivity contribution in [3.8, 4) is 17.2 Å². The highest BCUT2D eigenvalue weighted by atomic mass is 19.1. The lowest BCUT2D eigenvalue weighted by molar-refractivity contribution is -0.127. The molecule has 1 aliphatic rings. The Kier molecular flexibility index (Phi) is 7.07. The minimum Gasteiger partial charge on any atom is -0.497 e. The highest BCUT2D eigenvalue weighted by Gasteiger charge is 2.24. The first-order valence-electron chi connectivity index (χ1n) is 9.80.